The fourth-order valence-corrected chi connectivity index (χ4v) is 0.250. The average molecular weight is 175 g/mol. The van der Waals surface area contributed by atoms with Gasteiger partial charge in [0.25, 0.3) is 0 Å². The van der Waals surface area contributed by atoms with Crippen molar-refractivity contribution < 1.29 is 13.6 Å². The highest BCUT2D eigenvalue weighted by molar-refractivity contribution is 7.33. The number of rotatable bonds is 2. The minimum Gasteiger partial charge on any atom is -0.314 e. The maximum Gasteiger partial charge on any atom is 0.318 e. The van der Waals surface area contributed by atoms with Gasteiger partial charge in [0, 0.05) is 20.1 Å². The second-order valence-electron chi connectivity index (χ2n) is 0.926. The quantitative estimate of drug-likeness (QED) is 0.474. The Balaban J connectivity index is 0. The van der Waals surface area contributed by atoms with Crippen LogP contribution in [0.4, 0.5) is 0 Å². The maximum atomic E-state index is 9.92. The van der Waals surface area contributed by atoms with E-state index in [0.29, 0.717) is 0 Å². The Hall–Kier alpha value is 0.440. The van der Waals surface area contributed by atoms with Gasteiger partial charge in [-0.25, -0.2) is 0 Å². The molecule has 0 heterocycles. The van der Waals surface area contributed by atoms with Gasteiger partial charge < -0.3 is 9.05 Å². The van der Waals surface area contributed by atoms with Gasteiger partial charge in [-0.3, -0.25) is 4.57 Å². The summed E-state index contributed by atoms with van der Waals surface area (Å²) < 4.78 is 18.4. The molecule has 0 atom stereocenters. The molecule has 0 aromatic carbocycles. The first kappa shape index (κ1) is 12.1. The summed E-state index contributed by atoms with van der Waals surface area (Å²) in [6, 6.07) is 0. The predicted molar refractivity (Wildman–Crippen MR) is 39.4 cm³/mol. The zero-order valence-electron chi connectivity index (χ0n) is 5.81. The lowest BCUT2D eigenvalue weighted by Gasteiger charge is -1.89. The summed E-state index contributed by atoms with van der Waals surface area (Å²) in [7, 11) is 0.558. The third-order valence-corrected chi connectivity index (χ3v) is 1.00. The second-order valence-corrected chi connectivity index (χ2v) is 2.78. The number of hydrogen-bond donors (Lipinski definition) is 0. The van der Waals surface area contributed by atoms with E-state index in [-0.39, 0.29) is 0 Å². The van der Waals surface area contributed by atoms with Crippen LogP contribution in [0.1, 0.15) is 6.92 Å². The van der Waals surface area contributed by atoms with E-state index in [1.165, 1.54) is 14.2 Å². The predicted octanol–water partition coefficient (Wildman–Crippen LogP) is 1.91. The molecule has 0 spiro atoms. The van der Waals surface area contributed by atoms with Gasteiger partial charge in [0.2, 0.25) is 0 Å². The highest BCUT2D eigenvalue weighted by Gasteiger charge is 1.83. The Kier molecular flexibility index (Phi) is 15.2. The number of halogens is 1. The molecule has 5 heteroatoms. The second kappa shape index (κ2) is 11.3. The van der Waals surface area contributed by atoms with Crippen LogP contribution in [0.3, 0.4) is 0 Å². The first-order valence-electron chi connectivity index (χ1n) is 2.40. The van der Waals surface area contributed by atoms with Gasteiger partial charge in [0.15, 0.2) is 0 Å². The van der Waals surface area contributed by atoms with Crippen molar-refractivity contribution in [2.24, 2.45) is 0 Å². The SMILES string of the molecule is CCCl.CO[PH](=O)OC. The van der Waals surface area contributed by atoms with Crippen molar-refractivity contribution in [1.82, 2.24) is 0 Å². The van der Waals surface area contributed by atoms with Crippen molar-refractivity contribution in [2.75, 3.05) is 20.1 Å². The lowest BCUT2D eigenvalue weighted by molar-refractivity contribution is 0.302. The minimum absolute atomic E-state index is 0.722. The van der Waals surface area contributed by atoms with Gasteiger partial charge in [-0.2, -0.15) is 0 Å². The summed E-state index contributed by atoms with van der Waals surface area (Å²) in [5.74, 6) is 0.722. The lowest BCUT2D eigenvalue weighted by Crippen LogP contribution is -1.66. The van der Waals surface area contributed by atoms with Crippen LogP contribution in [-0.4, -0.2) is 20.1 Å². The molecule has 0 amide bonds. The molecule has 0 N–H and O–H groups in total. The van der Waals surface area contributed by atoms with E-state index in [4.69, 9.17) is 11.6 Å². The topological polar surface area (TPSA) is 35.5 Å². The molecule has 0 rings (SSSR count). The molecule has 58 valence electrons. The highest BCUT2D eigenvalue weighted by Crippen LogP contribution is 2.18. The van der Waals surface area contributed by atoms with E-state index in [1.54, 1.807) is 0 Å². The smallest absolute Gasteiger partial charge is 0.314 e. The van der Waals surface area contributed by atoms with Crippen LogP contribution in [0.2, 0.25) is 0 Å². The van der Waals surface area contributed by atoms with Crippen molar-refractivity contribution in [2.45, 2.75) is 6.92 Å². The van der Waals surface area contributed by atoms with Crippen molar-refractivity contribution >= 4 is 19.9 Å². The van der Waals surface area contributed by atoms with Gasteiger partial charge in [-0.1, -0.05) is 6.92 Å². The molecule has 0 fully saturated rings. The Labute approximate surface area is 61.2 Å². The summed E-state index contributed by atoms with van der Waals surface area (Å²) in [4.78, 5) is 0. The molecule has 0 saturated carbocycles. The van der Waals surface area contributed by atoms with E-state index in [1.807, 2.05) is 6.92 Å². The Morgan fingerprint density at radius 3 is 1.67 bits per heavy atom. The molecule has 9 heavy (non-hydrogen) atoms. The molecule has 0 aromatic heterocycles. The molecule has 0 unspecified atom stereocenters. The van der Waals surface area contributed by atoms with Gasteiger partial charge in [0.05, 0.1) is 0 Å². The maximum absolute atomic E-state index is 9.92. The van der Waals surface area contributed by atoms with E-state index in [9.17, 15) is 4.57 Å². The van der Waals surface area contributed by atoms with Crippen LogP contribution in [0, 0.1) is 0 Å². The van der Waals surface area contributed by atoms with Crippen molar-refractivity contribution in [1.29, 1.82) is 0 Å². The molecular formula is C4H12ClO3P. The van der Waals surface area contributed by atoms with Gasteiger partial charge in [-0.05, 0) is 0 Å². The van der Waals surface area contributed by atoms with Crippen molar-refractivity contribution in [3.63, 3.8) is 0 Å². The summed E-state index contributed by atoms with van der Waals surface area (Å²) in [5.41, 5.74) is 0. The van der Waals surface area contributed by atoms with E-state index < -0.39 is 8.25 Å². The molecule has 0 radical (unpaired) electrons. The number of alkyl halides is 1. The summed E-state index contributed by atoms with van der Waals surface area (Å²) in [6.07, 6.45) is 0. The van der Waals surface area contributed by atoms with Crippen molar-refractivity contribution in [3.8, 4) is 0 Å². The molecule has 0 aliphatic heterocycles. The van der Waals surface area contributed by atoms with Gasteiger partial charge in [0.1, 0.15) is 0 Å². The average Bonchev–Trinajstić information content (AvgIpc) is 1.88. The highest BCUT2D eigenvalue weighted by atomic mass is 35.5. The minimum atomic E-state index is -2.12. The fraction of sp³-hybridized carbons (Fsp3) is 1.00. The fourth-order valence-electron chi connectivity index (χ4n) is 0.0833. The van der Waals surface area contributed by atoms with Crippen LogP contribution in [0.15, 0.2) is 0 Å². The summed E-state index contributed by atoms with van der Waals surface area (Å²) >= 11 is 5.00. The Bertz CT molecular complexity index is 62.8. The van der Waals surface area contributed by atoms with Gasteiger partial charge >= 0.3 is 8.25 Å². The summed E-state index contributed by atoms with van der Waals surface area (Å²) in [6.45, 7) is 1.89. The van der Waals surface area contributed by atoms with E-state index in [0.717, 1.165) is 5.88 Å². The van der Waals surface area contributed by atoms with Gasteiger partial charge in [-0.15, -0.1) is 11.6 Å². The lowest BCUT2D eigenvalue weighted by atomic mass is 11.0. The third-order valence-electron chi connectivity index (χ3n) is 0.333. The van der Waals surface area contributed by atoms with Crippen LogP contribution < -0.4 is 0 Å². The molecule has 0 aromatic rings. The van der Waals surface area contributed by atoms with Crippen LogP contribution in [0.5, 0.6) is 0 Å². The molecular weight excluding hydrogens is 162 g/mol. The Morgan fingerprint density at radius 2 is 1.67 bits per heavy atom. The van der Waals surface area contributed by atoms with Crippen molar-refractivity contribution in [3.05, 3.63) is 0 Å². The standard InChI is InChI=1S/C2H5Cl.C2H7O3P/c1-2-3;1-4-6(3)5-2/h2H2,1H3;6H,1-2H3. The normalized spacial score (nSPS) is 8.56. The molecule has 0 aliphatic carbocycles. The zero-order chi connectivity index (χ0) is 7.70. The first-order chi connectivity index (χ1) is 4.22. The molecule has 3 nitrogen and oxygen atoms in total. The van der Waals surface area contributed by atoms with Crippen LogP contribution >= 0.6 is 19.9 Å². The summed E-state index contributed by atoms with van der Waals surface area (Å²) in [5, 5.41) is 0. The monoisotopic (exact) mass is 174 g/mol. The van der Waals surface area contributed by atoms with Crippen LogP contribution in [-0.2, 0) is 13.6 Å². The molecule has 0 bridgehead atoms. The van der Waals surface area contributed by atoms with E-state index >= 15 is 0 Å². The molecule has 0 saturated heterocycles. The van der Waals surface area contributed by atoms with Crippen LogP contribution in [0.25, 0.3) is 0 Å². The third kappa shape index (κ3) is 17.8. The largest absolute Gasteiger partial charge is 0.318 e. The molecule has 0 aliphatic rings. The first-order valence-corrected chi connectivity index (χ1v) is 4.16. The Morgan fingerprint density at radius 1 is 1.44 bits per heavy atom. The zero-order valence-corrected chi connectivity index (χ0v) is 7.57. The van der Waals surface area contributed by atoms with E-state index in [2.05, 4.69) is 9.05 Å². The number of hydrogen-bond acceptors (Lipinski definition) is 3.